The van der Waals surface area contributed by atoms with Gasteiger partial charge >= 0.3 is 0 Å². The molecule has 1 unspecified atom stereocenters. The predicted octanol–water partition coefficient (Wildman–Crippen LogP) is 1.74. The van der Waals surface area contributed by atoms with E-state index in [1.54, 1.807) is 12.1 Å². The summed E-state index contributed by atoms with van der Waals surface area (Å²) in [7, 11) is 1.40. The molecule has 0 saturated carbocycles. The summed E-state index contributed by atoms with van der Waals surface area (Å²) in [5, 5.41) is 8.82. The minimum atomic E-state index is -0.406. The average Bonchev–Trinajstić information content (AvgIpc) is 2.17. The van der Waals surface area contributed by atoms with Gasteiger partial charge in [-0.2, -0.15) is 0 Å². The number of halogens is 1. The van der Waals surface area contributed by atoms with E-state index in [-0.39, 0.29) is 18.3 Å². The highest BCUT2D eigenvalue weighted by Gasteiger charge is 2.08. The first kappa shape index (κ1) is 9.99. The van der Waals surface area contributed by atoms with Crippen LogP contribution < -0.4 is 4.74 Å². The lowest BCUT2D eigenvalue weighted by atomic mass is 10.0. The fraction of sp³-hybridized carbons (Fsp3) is 0.300. The van der Waals surface area contributed by atoms with Gasteiger partial charge in [0.1, 0.15) is 0 Å². The minimum Gasteiger partial charge on any atom is -0.494 e. The van der Waals surface area contributed by atoms with Crippen LogP contribution in [0.5, 0.6) is 5.75 Å². The second kappa shape index (κ2) is 4.23. The number of ether oxygens (including phenoxy) is 1. The lowest BCUT2D eigenvalue weighted by molar-refractivity contribution is 0.282. The third-order valence-corrected chi connectivity index (χ3v) is 1.87. The molecule has 1 atom stereocenters. The molecule has 0 saturated heterocycles. The summed E-state index contributed by atoms with van der Waals surface area (Å²) in [6, 6.07) is 4.44. The van der Waals surface area contributed by atoms with Crippen molar-refractivity contribution in [1.82, 2.24) is 0 Å². The Morgan fingerprint density at radius 3 is 2.85 bits per heavy atom. The van der Waals surface area contributed by atoms with Crippen molar-refractivity contribution in [3.8, 4) is 5.75 Å². The summed E-state index contributed by atoms with van der Waals surface area (Å²) in [4.78, 5) is 0. The molecule has 0 aliphatic carbocycles. The molecule has 1 radical (unpaired) electrons. The van der Waals surface area contributed by atoms with Crippen molar-refractivity contribution >= 4 is 0 Å². The van der Waals surface area contributed by atoms with Crippen LogP contribution in [0.3, 0.4) is 0 Å². The van der Waals surface area contributed by atoms with Crippen LogP contribution in [0.15, 0.2) is 18.2 Å². The highest BCUT2D eigenvalue weighted by Crippen LogP contribution is 2.22. The first-order valence-corrected chi connectivity index (χ1v) is 3.96. The van der Waals surface area contributed by atoms with E-state index in [1.165, 1.54) is 13.2 Å². The molecule has 13 heavy (non-hydrogen) atoms. The number of aliphatic hydroxyl groups excluding tert-OH is 1. The Bertz CT molecular complexity index is 286. The molecule has 0 heterocycles. The highest BCUT2D eigenvalue weighted by atomic mass is 19.1. The fourth-order valence-electron chi connectivity index (χ4n) is 1.04. The van der Waals surface area contributed by atoms with E-state index in [1.807, 2.05) is 0 Å². The van der Waals surface area contributed by atoms with Crippen LogP contribution in [0.1, 0.15) is 11.5 Å². The summed E-state index contributed by atoms with van der Waals surface area (Å²) in [6.45, 7) is 3.64. The van der Waals surface area contributed by atoms with Crippen molar-refractivity contribution in [2.45, 2.75) is 5.92 Å². The molecule has 1 N–H and O–H groups in total. The molecular formula is C10H12FO2. The van der Waals surface area contributed by atoms with Crippen LogP contribution in [0, 0.1) is 12.7 Å². The van der Waals surface area contributed by atoms with Gasteiger partial charge in [-0.1, -0.05) is 6.07 Å². The van der Waals surface area contributed by atoms with E-state index in [4.69, 9.17) is 9.84 Å². The van der Waals surface area contributed by atoms with E-state index in [9.17, 15) is 4.39 Å². The molecule has 71 valence electrons. The first-order chi connectivity index (χ1) is 6.19. The number of rotatable bonds is 3. The Morgan fingerprint density at radius 2 is 2.31 bits per heavy atom. The van der Waals surface area contributed by atoms with E-state index < -0.39 is 5.82 Å². The van der Waals surface area contributed by atoms with Crippen LogP contribution >= 0.6 is 0 Å². The van der Waals surface area contributed by atoms with Crippen molar-refractivity contribution in [3.05, 3.63) is 36.5 Å². The molecule has 1 aromatic carbocycles. The Kier molecular flexibility index (Phi) is 3.25. The third-order valence-electron chi connectivity index (χ3n) is 1.87. The minimum absolute atomic E-state index is 0.0607. The molecule has 0 spiro atoms. The maximum atomic E-state index is 12.9. The lowest BCUT2D eigenvalue weighted by Gasteiger charge is -2.09. The number of benzene rings is 1. The van der Waals surface area contributed by atoms with Crippen LogP contribution in [-0.2, 0) is 0 Å². The van der Waals surface area contributed by atoms with E-state index in [2.05, 4.69) is 6.92 Å². The molecule has 0 amide bonds. The summed E-state index contributed by atoms with van der Waals surface area (Å²) in [6.07, 6.45) is 0. The molecule has 0 aliphatic rings. The Balaban J connectivity index is 2.99. The smallest absolute Gasteiger partial charge is 0.165 e. The van der Waals surface area contributed by atoms with Gasteiger partial charge in [-0.3, -0.25) is 0 Å². The summed E-state index contributed by atoms with van der Waals surface area (Å²) in [5.74, 6) is -0.467. The van der Waals surface area contributed by atoms with Gasteiger partial charge in [-0.25, -0.2) is 4.39 Å². The summed E-state index contributed by atoms with van der Waals surface area (Å²) >= 11 is 0. The second-order valence-electron chi connectivity index (χ2n) is 2.77. The third kappa shape index (κ3) is 2.18. The van der Waals surface area contributed by atoms with Gasteiger partial charge in [0, 0.05) is 12.5 Å². The Labute approximate surface area is 77.0 Å². The van der Waals surface area contributed by atoms with Crippen LogP contribution in [0.25, 0.3) is 0 Å². The maximum Gasteiger partial charge on any atom is 0.165 e. The molecule has 1 rings (SSSR count). The van der Waals surface area contributed by atoms with Gasteiger partial charge in [0.25, 0.3) is 0 Å². The topological polar surface area (TPSA) is 29.5 Å². The lowest BCUT2D eigenvalue weighted by Crippen LogP contribution is -2.00. The average molecular weight is 183 g/mol. The van der Waals surface area contributed by atoms with Gasteiger partial charge in [0.05, 0.1) is 7.11 Å². The van der Waals surface area contributed by atoms with Gasteiger partial charge in [-0.15, -0.1) is 0 Å². The van der Waals surface area contributed by atoms with Crippen molar-refractivity contribution < 1.29 is 14.2 Å². The summed E-state index contributed by atoms with van der Waals surface area (Å²) in [5.41, 5.74) is 0.765. The van der Waals surface area contributed by atoms with Crippen molar-refractivity contribution in [2.75, 3.05) is 13.7 Å². The van der Waals surface area contributed by atoms with Gasteiger partial charge in [0.15, 0.2) is 11.6 Å². The van der Waals surface area contributed by atoms with Crippen LogP contribution in [-0.4, -0.2) is 18.8 Å². The number of aliphatic hydroxyl groups is 1. The first-order valence-electron chi connectivity index (χ1n) is 3.96. The van der Waals surface area contributed by atoms with Gasteiger partial charge in [-0.05, 0) is 24.6 Å². The van der Waals surface area contributed by atoms with Gasteiger partial charge < -0.3 is 9.84 Å². The van der Waals surface area contributed by atoms with Gasteiger partial charge in [0.2, 0.25) is 0 Å². The standard InChI is InChI=1S/C10H12FO2/c1-7(6-12)8-3-4-9(11)10(5-8)13-2/h3-5,7,12H,1,6H2,2H3. The monoisotopic (exact) mass is 183 g/mol. The molecular weight excluding hydrogens is 171 g/mol. The Morgan fingerprint density at radius 1 is 1.62 bits per heavy atom. The molecule has 0 aromatic heterocycles. The molecule has 0 fully saturated rings. The van der Waals surface area contributed by atoms with Crippen LogP contribution in [0.4, 0.5) is 4.39 Å². The molecule has 3 heteroatoms. The fourth-order valence-corrected chi connectivity index (χ4v) is 1.04. The molecule has 0 aliphatic heterocycles. The van der Waals surface area contributed by atoms with Crippen molar-refractivity contribution in [3.63, 3.8) is 0 Å². The molecule has 1 aromatic rings. The highest BCUT2D eigenvalue weighted by molar-refractivity contribution is 5.32. The second-order valence-corrected chi connectivity index (χ2v) is 2.77. The van der Waals surface area contributed by atoms with Crippen molar-refractivity contribution in [2.24, 2.45) is 0 Å². The van der Waals surface area contributed by atoms with E-state index >= 15 is 0 Å². The summed E-state index contributed by atoms with van der Waals surface area (Å²) < 4.78 is 17.7. The van der Waals surface area contributed by atoms with E-state index in [0.717, 1.165) is 5.56 Å². The zero-order valence-electron chi connectivity index (χ0n) is 7.46. The van der Waals surface area contributed by atoms with E-state index in [0.29, 0.717) is 0 Å². The number of hydrogen-bond donors (Lipinski definition) is 1. The number of methoxy groups -OCH3 is 1. The zero-order valence-corrected chi connectivity index (χ0v) is 7.46. The van der Waals surface area contributed by atoms with Crippen LogP contribution in [0.2, 0.25) is 0 Å². The largest absolute Gasteiger partial charge is 0.494 e. The molecule has 2 nitrogen and oxygen atoms in total. The SMILES string of the molecule is [CH2]C(CO)c1ccc(F)c(OC)c1. The normalized spacial score (nSPS) is 12.6. The quantitative estimate of drug-likeness (QED) is 0.773. The number of hydrogen-bond acceptors (Lipinski definition) is 2. The van der Waals surface area contributed by atoms with Crippen molar-refractivity contribution in [1.29, 1.82) is 0 Å². The predicted molar refractivity (Wildman–Crippen MR) is 48.1 cm³/mol. The maximum absolute atomic E-state index is 12.9. The molecule has 0 bridgehead atoms. The zero-order chi connectivity index (χ0) is 9.84. The Hall–Kier alpha value is -1.09.